The predicted molar refractivity (Wildman–Crippen MR) is 133 cm³/mol. The Kier molecular flexibility index (Phi) is 7.81. The van der Waals surface area contributed by atoms with Crippen molar-refractivity contribution < 1.29 is 9.53 Å². The third-order valence-electron chi connectivity index (χ3n) is 6.04. The standard InChI is InChI=1S/C26H31N3O2S/c27-22(19-32)15-28-13-14-29(16-23(28)18-31-17-20-7-2-1-3-8-20)26(30)25-12-6-10-21-9-4-5-11-24(21)25/h1-12,22-23,32H,13-19,27H2/t22-,23+/m1/s1. The third-order valence-corrected chi connectivity index (χ3v) is 6.51. The van der Waals surface area contributed by atoms with E-state index >= 15 is 0 Å². The summed E-state index contributed by atoms with van der Waals surface area (Å²) in [5.74, 6) is 0.709. The van der Waals surface area contributed by atoms with Crippen molar-refractivity contribution in [2.75, 3.05) is 38.5 Å². The monoisotopic (exact) mass is 449 g/mol. The summed E-state index contributed by atoms with van der Waals surface area (Å²) in [6.45, 7) is 3.93. The maximum Gasteiger partial charge on any atom is 0.254 e. The molecule has 2 N–H and O–H groups in total. The molecule has 0 bridgehead atoms. The normalized spacial score (nSPS) is 18.1. The van der Waals surface area contributed by atoms with Gasteiger partial charge in [-0.15, -0.1) is 0 Å². The van der Waals surface area contributed by atoms with E-state index in [0.717, 1.165) is 35.0 Å². The second-order valence-electron chi connectivity index (χ2n) is 8.37. The molecule has 0 saturated carbocycles. The molecule has 32 heavy (non-hydrogen) atoms. The number of rotatable bonds is 8. The van der Waals surface area contributed by atoms with Crippen LogP contribution in [0, 0.1) is 0 Å². The van der Waals surface area contributed by atoms with E-state index in [-0.39, 0.29) is 18.0 Å². The average Bonchev–Trinajstić information content (AvgIpc) is 2.84. The smallest absolute Gasteiger partial charge is 0.254 e. The Balaban J connectivity index is 1.47. The number of nitrogens with zero attached hydrogens (tertiary/aromatic N) is 2. The van der Waals surface area contributed by atoms with Crippen molar-refractivity contribution in [1.29, 1.82) is 0 Å². The van der Waals surface area contributed by atoms with Gasteiger partial charge in [0.1, 0.15) is 0 Å². The van der Waals surface area contributed by atoms with E-state index in [4.69, 9.17) is 10.5 Å². The summed E-state index contributed by atoms with van der Waals surface area (Å²) in [6, 6.07) is 24.2. The van der Waals surface area contributed by atoms with Gasteiger partial charge in [0.25, 0.3) is 5.91 Å². The molecule has 3 aromatic carbocycles. The van der Waals surface area contributed by atoms with Gasteiger partial charge in [-0.1, -0.05) is 66.7 Å². The first-order valence-corrected chi connectivity index (χ1v) is 11.8. The minimum atomic E-state index is -0.00437. The molecule has 0 radical (unpaired) electrons. The number of nitrogens with two attached hydrogens (primary N) is 1. The van der Waals surface area contributed by atoms with E-state index in [2.05, 4.69) is 29.7 Å². The van der Waals surface area contributed by atoms with Crippen LogP contribution in [0.2, 0.25) is 0 Å². The largest absolute Gasteiger partial charge is 0.375 e. The number of carbonyl (C=O) groups excluding carboxylic acids is 1. The predicted octanol–water partition coefficient (Wildman–Crippen LogP) is 3.44. The van der Waals surface area contributed by atoms with E-state index in [1.54, 1.807) is 0 Å². The Hall–Kier alpha value is -2.38. The minimum absolute atomic E-state index is 0.00437. The molecule has 2 atom stereocenters. The maximum atomic E-state index is 13.5. The molecule has 4 rings (SSSR count). The van der Waals surface area contributed by atoms with Crippen LogP contribution in [-0.4, -0.2) is 66.3 Å². The van der Waals surface area contributed by atoms with Crippen LogP contribution in [0.25, 0.3) is 10.8 Å². The zero-order valence-corrected chi connectivity index (χ0v) is 19.2. The fraction of sp³-hybridized carbons (Fsp3) is 0.346. The fourth-order valence-electron chi connectivity index (χ4n) is 4.30. The molecule has 168 valence electrons. The second kappa shape index (κ2) is 11.0. The lowest BCUT2D eigenvalue weighted by molar-refractivity contribution is 0.00468. The van der Waals surface area contributed by atoms with E-state index in [0.29, 0.717) is 32.1 Å². The SMILES string of the molecule is N[C@@H](CS)CN1CCN(C(=O)c2cccc3ccccc23)C[C@H]1COCc1ccccc1. The number of benzene rings is 3. The van der Waals surface area contributed by atoms with Gasteiger partial charge in [-0.3, -0.25) is 9.69 Å². The number of amides is 1. The fourth-order valence-corrected chi connectivity index (χ4v) is 4.42. The summed E-state index contributed by atoms with van der Waals surface area (Å²) in [4.78, 5) is 17.8. The zero-order valence-electron chi connectivity index (χ0n) is 18.3. The summed E-state index contributed by atoms with van der Waals surface area (Å²) in [5, 5.41) is 2.08. The Bertz CT molecular complexity index is 1020. The van der Waals surface area contributed by atoms with Gasteiger partial charge in [0, 0.05) is 43.5 Å². The molecule has 6 heteroatoms. The van der Waals surface area contributed by atoms with Crippen molar-refractivity contribution in [2.45, 2.75) is 18.7 Å². The van der Waals surface area contributed by atoms with Crippen molar-refractivity contribution in [3.05, 3.63) is 83.9 Å². The Morgan fingerprint density at radius 3 is 2.59 bits per heavy atom. The van der Waals surface area contributed by atoms with E-state index in [1.165, 1.54) is 0 Å². The maximum absolute atomic E-state index is 13.5. The van der Waals surface area contributed by atoms with Gasteiger partial charge < -0.3 is 15.4 Å². The van der Waals surface area contributed by atoms with Gasteiger partial charge in [0.2, 0.25) is 0 Å². The lowest BCUT2D eigenvalue weighted by Crippen LogP contribution is -2.58. The third kappa shape index (κ3) is 5.51. The van der Waals surface area contributed by atoms with Gasteiger partial charge in [0.15, 0.2) is 0 Å². The van der Waals surface area contributed by atoms with Gasteiger partial charge in [-0.2, -0.15) is 12.6 Å². The Morgan fingerprint density at radius 2 is 1.78 bits per heavy atom. The molecule has 0 spiro atoms. The summed E-state index contributed by atoms with van der Waals surface area (Å²) < 4.78 is 6.07. The molecule has 5 nitrogen and oxygen atoms in total. The zero-order chi connectivity index (χ0) is 22.3. The highest BCUT2D eigenvalue weighted by atomic mass is 32.1. The molecule has 0 aromatic heterocycles. The Labute approximate surface area is 195 Å². The van der Waals surface area contributed by atoms with E-state index in [9.17, 15) is 4.79 Å². The van der Waals surface area contributed by atoms with Crippen LogP contribution in [0.1, 0.15) is 15.9 Å². The number of thiol groups is 1. The molecule has 3 aromatic rings. The van der Waals surface area contributed by atoms with Crippen molar-refractivity contribution in [1.82, 2.24) is 9.80 Å². The molecule has 1 heterocycles. The van der Waals surface area contributed by atoms with Crippen molar-refractivity contribution in [3.8, 4) is 0 Å². The topological polar surface area (TPSA) is 58.8 Å². The molecule has 1 saturated heterocycles. The number of hydrogen-bond acceptors (Lipinski definition) is 5. The van der Waals surface area contributed by atoms with Crippen LogP contribution in [0.3, 0.4) is 0 Å². The van der Waals surface area contributed by atoms with Crippen LogP contribution >= 0.6 is 12.6 Å². The van der Waals surface area contributed by atoms with Crippen LogP contribution in [-0.2, 0) is 11.3 Å². The van der Waals surface area contributed by atoms with E-state index in [1.807, 2.05) is 65.6 Å². The molecule has 1 aliphatic rings. The van der Waals surface area contributed by atoms with Crippen molar-refractivity contribution in [3.63, 3.8) is 0 Å². The second-order valence-corrected chi connectivity index (χ2v) is 8.74. The highest BCUT2D eigenvalue weighted by Gasteiger charge is 2.31. The lowest BCUT2D eigenvalue weighted by Gasteiger charge is -2.42. The molecule has 1 aliphatic heterocycles. The molecular weight excluding hydrogens is 418 g/mol. The van der Waals surface area contributed by atoms with Crippen LogP contribution < -0.4 is 5.73 Å². The van der Waals surface area contributed by atoms with Gasteiger partial charge in [-0.25, -0.2) is 0 Å². The first-order chi connectivity index (χ1) is 15.7. The summed E-state index contributed by atoms with van der Waals surface area (Å²) in [5.41, 5.74) is 8.10. The summed E-state index contributed by atoms with van der Waals surface area (Å²) in [7, 11) is 0. The summed E-state index contributed by atoms with van der Waals surface area (Å²) in [6.07, 6.45) is 0. The lowest BCUT2D eigenvalue weighted by atomic mass is 10.0. The first-order valence-electron chi connectivity index (χ1n) is 11.1. The molecule has 0 unspecified atom stereocenters. The Morgan fingerprint density at radius 1 is 1.03 bits per heavy atom. The highest BCUT2D eigenvalue weighted by Crippen LogP contribution is 2.22. The number of hydrogen-bond donors (Lipinski definition) is 2. The van der Waals surface area contributed by atoms with Crippen LogP contribution in [0.5, 0.6) is 0 Å². The quantitative estimate of drug-likeness (QED) is 0.517. The number of carbonyl (C=O) groups is 1. The number of piperazine rings is 1. The van der Waals surface area contributed by atoms with Crippen molar-refractivity contribution >= 4 is 29.3 Å². The molecule has 1 amide bonds. The minimum Gasteiger partial charge on any atom is -0.375 e. The summed E-state index contributed by atoms with van der Waals surface area (Å²) >= 11 is 4.35. The van der Waals surface area contributed by atoms with Crippen LogP contribution in [0.15, 0.2) is 72.8 Å². The van der Waals surface area contributed by atoms with Crippen molar-refractivity contribution in [2.24, 2.45) is 5.73 Å². The molecular formula is C26H31N3O2S. The molecule has 0 aliphatic carbocycles. The highest BCUT2D eigenvalue weighted by molar-refractivity contribution is 7.80. The first kappa shape index (κ1) is 22.8. The number of ether oxygens (including phenoxy) is 1. The number of fused-ring (bicyclic) bond motifs is 1. The molecule has 1 fully saturated rings. The van der Waals surface area contributed by atoms with E-state index < -0.39 is 0 Å². The van der Waals surface area contributed by atoms with Crippen LogP contribution in [0.4, 0.5) is 0 Å². The van der Waals surface area contributed by atoms with Gasteiger partial charge in [-0.05, 0) is 22.4 Å². The van der Waals surface area contributed by atoms with Gasteiger partial charge in [0.05, 0.1) is 19.3 Å². The van der Waals surface area contributed by atoms with Gasteiger partial charge >= 0.3 is 0 Å². The average molecular weight is 450 g/mol.